The number of esters is 3. The smallest absolute Gasteiger partial charge is 0.324 e. The molecule has 0 bridgehead atoms. The lowest BCUT2D eigenvalue weighted by Gasteiger charge is -2.28. The van der Waals surface area contributed by atoms with Gasteiger partial charge in [0.15, 0.2) is 11.5 Å². The molecule has 0 aliphatic heterocycles. The molecule has 1 rings (SSSR count). The summed E-state index contributed by atoms with van der Waals surface area (Å²) in [6, 6.07) is 4.47. The molecule has 0 aliphatic carbocycles. The average molecular weight is 494 g/mol. The van der Waals surface area contributed by atoms with Gasteiger partial charge < -0.3 is 25.1 Å². The lowest BCUT2D eigenvalue weighted by molar-refractivity contribution is -0.153. The highest BCUT2D eigenvalue weighted by Gasteiger charge is 2.37. The number of benzene rings is 1. The molecule has 9 heteroatoms. The molecule has 0 aromatic heterocycles. The summed E-state index contributed by atoms with van der Waals surface area (Å²) in [6.45, 7) is 9.26. The molecule has 0 amide bonds. The molecule has 35 heavy (non-hydrogen) atoms. The highest BCUT2D eigenvalue weighted by Crippen LogP contribution is 2.31. The molecule has 2 atom stereocenters. The summed E-state index contributed by atoms with van der Waals surface area (Å²) in [5.74, 6) is -2.20. The van der Waals surface area contributed by atoms with Crippen LogP contribution < -0.4 is 15.2 Å². The van der Waals surface area contributed by atoms with E-state index in [9.17, 15) is 24.3 Å². The first kappa shape index (κ1) is 30.1. The van der Waals surface area contributed by atoms with Gasteiger partial charge in [-0.3, -0.25) is 19.2 Å². The number of carboxylic acids is 1. The van der Waals surface area contributed by atoms with Gasteiger partial charge in [-0.25, -0.2) is 0 Å². The Balaban J connectivity index is 3.08. The van der Waals surface area contributed by atoms with Crippen LogP contribution in [0.5, 0.6) is 11.5 Å². The van der Waals surface area contributed by atoms with Crippen molar-refractivity contribution < 1.29 is 38.5 Å². The van der Waals surface area contributed by atoms with Crippen molar-refractivity contribution in [3.63, 3.8) is 0 Å². The molecule has 0 aliphatic rings. The molecule has 0 saturated carbocycles. The summed E-state index contributed by atoms with van der Waals surface area (Å²) in [5, 5.41) is 9.85. The van der Waals surface area contributed by atoms with Gasteiger partial charge in [-0.15, -0.1) is 0 Å². The summed E-state index contributed by atoms with van der Waals surface area (Å²) in [5.41, 5.74) is 4.96. The lowest BCUT2D eigenvalue weighted by Crippen LogP contribution is -2.52. The third kappa shape index (κ3) is 10.9. The van der Waals surface area contributed by atoms with Crippen LogP contribution in [0.4, 0.5) is 0 Å². The third-order valence-electron chi connectivity index (χ3n) is 5.22. The Labute approximate surface area is 207 Å². The molecule has 3 N–H and O–H groups in total. The topological polar surface area (TPSA) is 142 Å². The van der Waals surface area contributed by atoms with Crippen LogP contribution in [0.15, 0.2) is 18.2 Å². The first-order valence-electron chi connectivity index (χ1n) is 12.2. The highest BCUT2D eigenvalue weighted by molar-refractivity contribution is 5.80. The van der Waals surface area contributed by atoms with Crippen LogP contribution in [-0.4, -0.2) is 40.6 Å². The van der Waals surface area contributed by atoms with E-state index < -0.39 is 35.5 Å². The molecule has 0 heterocycles. The molecule has 0 saturated heterocycles. The minimum absolute atomic E-state index is 0.0197. The SMILES string of the molecule is CCCC(=O)Oc1ccc(CC(N)(C[C@H](C)OC(=O)CCC(C)C)C(=O)O)cc1OC(=O)CCC. The van der Waals surface area contributed by atoms with Crippen molar-refractivity contribution in [3.8, 4) is 11.5 Å². The molecule has 9 nitrogen and oxygen atoms in total. The zero-order valence-corrected chi connectivity index (χ0v) is 21.4. The molecular weight excluding hydrogens is 454 g/mol. The number of hydrogen-bond donors (Lipinski definition) is 2. The van der Waals surface area contributed by atoms with Gasteiger partial charge in [0.25, 0.3) is 0 Å². The average Bonchev–Trinajstić information content (AvgIpc) is 2.74. The van der Waals surface area contributed by atoms with Gasteiger partial charge in [0.1, 0.15) is 11.6 Å². The Hall–Kier alpha value is -2.94. The van der Waals surface area contributed by atoms with Gasteiger partial charge in [-0.05, 0) is 49.8 Å². The van der Waals surface area contributed by atoms with Crippen LogP contribution in [-0.2, 0) is 30.3 Å². The highest BCUT2D eigenvalue weighted by atomic mass is 16.6. The van der Waals surface area contributed by atoms with Gasteiger partial charge in [0, 0.05) is 32.1 Å². The Morgan fingerprint density at radius 1 is 0.914 bits per heavy atom. The molecule has 1 aromatic rings. The van der Waals surface area contributed by atoms with Crippen LogP contribution in [0.1, 0.15) is 85.1 Å². The Kier molecular flexibility index (Phi) is 12.4. The zero-order chi connectivity index (χ0) is 26.6. The quantitative estimate of drug-likeness (QED) is 0.272. The number of carbonyl (C=O) groups is 4. The summed E-state index contributed by atoms with van der Waals surface area (Å²) in [7, 11) is 0. The van der Waals surface area contributed by atoms with E-state index in [0.717, 1.165) is 0 Å². The van der Waals surface area contributed by atoms with Gasteiger partial charge >= 0.3 is 23.9 Å². The van der Waals surface area contributed by atoms with Crippen molar-refractivity contribution in [1.29, 1.82) is 0 Å². The van der Waals surface area contributed by atoms with Crippen molar-refractivity contribution in [2.75, 3.05) is 0 Å². The second-order valence-corrected chi connectivity index (χ2v) is 9.30. The number of ether oxygens (including phenoxy) is 3. The summed E-state index contributed by atoms with van der Waals surface area (Å²) < 4.78 is 16.1. The Morgan fingerprint density at radius 3 is 2.00 bits per heavy atom. The predicted octanol–water partition coefficient (Wildman–Crippen LogP) is 4.18. The molecule has 0 radical (unpaired) electrons. The van der Waals surface area contributed by atoms with Crippen LogP contribution in [0.3, 0.4) is 0 Å². The predicted molar refractivity (Wildman–Crippen MR) is 130 cm³/mol. The maximum absolute atomic E-state index is 12.1. The number of carbonyl (C=O) groups excluding carboxylic acids is 3. The van der Waals surface area contributed by atoms with Crippen LogP contribution in [0.2, 0.25) is 0 Å². The maximum Gasteiger partial charge on any atom is 0.324 e. The maximum atomic E-state index is 12.1. The largest absolute Gasteiger partial charge is 0.480 e. The fraction of sp³-hybridized carbons (Fsp3) is 0.615. The van der Waals surface area contributed by atoms with Gasteiger partial charge in [-0.1, -0.05) is 33.8 Å². The Morgan fingerprint density at radius 2 is 1.49 bits per heavy atom. The number of rotatable bonds is 15. The van der Waals surface area contributed by atoms with Crippen molar-refractivity contribution in [1.82, 2.24) is 0 Å². The van der Waals surface area contributed by atoms with Gasteiger partial charge in [0.05, 0.1) is 0 Å². The minimum Gasteiger partial charge on any atom is -0.480 e. The second kappa shape index (κ2) is 14.5. The minimum atomic E-state index is -1.75. The van der Waals surface area contributed by atoms with Crippen molar-refractivity contribution in [2.45, 2.75) is 97.6 Å². The summed E-state index contributed by atoms with van der Waals surface area (Å²) in [6.07, 6.45) is 1.49. The van der Waals surface area contributed by atoms with E-state index in [-0.39, 0.29) is 43.6 Å². The molecule has 0 spiro atoms. The number of hydrogen-bond acceptors (Lipinski definition) is 8. The third-order valence-corrected chi connectivity index (χ3v) is 5.22. The van der Waals surface area contributed by atoms with E-state index >= 15 is 0 Å². The molecular formula is C26H39NO8. The zero-order valence-electron chi connectivity index (χ0n) is 21.4. The van der Waals surface area contributed by atoms with Crippen molar-refractivity contribution in [3.05, 3.63) is 23.8 Å². The van der Waals surface area contributed by atoms with E-state index in [1.54, 1.807) is 13.0 Å². The fourth-order valence-electron chi connectivity index (χ4n) is 3.43. The summed E-state index contributed by atoms with van der Waals surface area (Å²) >= 11 is 0. The lowest BCUT2D eigenvalue weighted by atomic mass is 9.86. The van der Waals surface area contributed by atoms with E-state index in [1.165, 1.54) is 12.1 Å². The number of aliphatic carboxylic acids is 1. The van der Waals surface area contributed by atoms with Crippen LogP contribution in [0, 0.1) is 5.92 Å². The van der Waals surface area contributed by atoms with Crippen LogP contribution in [0.25, 0.3) is 0 Å². The van der Waals surface area contributed by atoms with Gasteiger partial charge in [-0.2, -0.15) is 0 Å². The second-order valence-electron chi connectivity index (χ2n) is 9.30. The van der Waals surface area contributed by atoms with E-state index in [0.29, 0.717) is 30.7 Å². The molecule has 1 aromatic carbocycles. The Bertz CT molecular complexity index is 882. The van der Waals surface area contributed by atoms with Gasteiger partial charge in [0.2, 0.25) is 0 Å². The first-order valence-corrected chi connectivity index (χ1v) is 12.2. The monoisotopic (exact) mass is 493 g/mol. The molecule has 1 unspecified atom stereocenters. The van der Waals surface area contributed by atoms with E-state index in [1.807, 2.05) is 27.7 Å². The number of carboxylic acid groups (broad SMARTS) is 1. The fourth-order valence-corrected chi connectivity index (χ4v) is 3.43. The van der Waals surface area contributed by atoms with E-state index in [4.69, 9.17) is 19.9 Å². The normalized spacial score (nSPS) is 13.6. The van der Waals surface area contributed by atoms with E-state index in [2.05, 4.69) is 0 Å². The molecule has 0 fully saturated rings. The van der Waals surface area contributed by atoms with Crippen LogP contribution >= 0.6 is 0 Å². The summed E-state index contributed by atoms with van der Waals surface area (Å²) in [4.78, 5) is 48.2. The van der Waals surface area contributed by atoms with Crippen molar-refractivity contribution >= 4 is 23.9 Å². The van der Waals surface area contributed by atoms with Crippen molar-refractivity contribution in [2.24, 2.45) is 11.7 Å². The first-order chi connectivity index (χ1) is 16.4. The standard InChI is InChI=1S/C26H39NO8/c1-6-8-22(28)34-20-12-11-19(14-21(20)35-23(29)9-7-2)16-26(27,25(31)32)15-18(5)33-24(30)13-10-17(3)4/h11-12,14,17-18H,6-10,13,15-16,27H2,1-5H3,(H,31,32)/t18-,26?/m0/s1. The molecule has 196 valence electrons. The number of nitrogens with two attached hydrogens (primary N) is 1.